The predicted molar refractivity (Wildman–Crippen MR) is 67.2 cm³/mol. The largest absolute Gasteiger partial charge is 0.369 e. The first-order chi connectivity index (χ1) is 8.78. The summed E-state index contributed by atoms with van der Waals surface area (Å²) in [5.74, 6) is -0.737. The minimum atomic E-state index is -3.86. The van der Waals surface area contributed by atoms with Crippen molar-refractivity contribution >= 4 is 15.9 Å². The fourth-order valence-corrected chi connectivity index (χ4v) is 2.98. The van der Waals surface area contributed by atoms with Crippen molar-refractivity contribution in [1.82, 2.24) is 9.29 Å². The van der Waals surface area contributed by atoms with Crippen molar-refractivity contribution in [3.05, 3.63) is 24.0 Å². The molecule has 0 aliphatic carbocycles. The number of rotatable bonds is 5. The van der Waals surface area contributed by atoms with E-state index in [4.69, 9.17) is 11.0 Å². The van der Waals surface area contributed by atoms with Crippen LogP contribution < -0.4 is 5.73 Å². The minimum absolute atomic E-state index is 0.0820. The van der Waals surface area contributed by atoms with Crippen molar-refractivity contribution in [2.75, 3.05) is 6.54 Å². The Hall–Kier alpha value is -1.98. The first-order valence-electron chi connectivity index (χ1n) is 5.45. The lowest BCUT2D eigenvalue weighted by atomic mass is 10.4. The third-order valence-electron chi connectivity index (χ3n) is 2.35. The second-order valence-corrected chi connectivity index (χ2v) is 5.99. The van der Waals surface area contributed by atoms with Crippen LogP contribution in [0.4, 0.5) is 0 Å². The van der Waals surface area contributed by atoms with E-state index in [9.17, 15) is 13.2 Å². The van der Waals surface area contributed by atoms with Crippen molar-refractivity contribution in [3.63, 3.8) is 0 Å². The van der Waals surface area contributed by atoms with Crippen LogP contribution in [0, 0.1) is 11.3 Å². The van der Waals surface area contributed by atoms with Crippen LogP contribution >= 0.6 is 0 Å². The van der Waals surface area contributed by atoms with Crippen LogP contribution in [0.5, 0.6) is 0 Å². The van der Waals surface area contributed by atoms with Gasteiger partial charge in [-0.2, -0.15) is 9.57 Å². The van der Waals surface area contributed by atoms with E-state index in [1.54, 1.807) is 19.9 Å². The highest BCUT2D eigenvalue weighted by Gasteiger charge is 2.28. The molecular formula is C11H14N4O3S. The van der Waals surface area contributed by atoms with Crippen molar-refractivity contribution in [2.45, 2.75) is 24.8 Å². The smallest absolute Gasteiger partial charge is 0.245 e. The average molecular weight is 282 g/mol. The van der Waals surface area contributed by atoms with Crippen molar-refractivity contribution in [2.24, 2.45) is 5.73 Å². The van der Waals surface area contributed by atoms with E-state index in [2.05, 4.69) is 4.98 Å². The second kappa shape index (κ2) is 5.77. The summed E-state index contributed by atoms with van der Waals surface area (Å²) < 4.78 is 25.6. The summed E-state index contributed by atoms with van der Waals surface area (Å²) in [6, 6.07) is 3.95. The standard InChI is InChI=1S/C11H14N4O3S/c1-8(2)15(7-11(13)16)19(17,18)10-4-3-9(5-12)14-6-10/h3-4,6,8H,7H2,1-2H3,(H2,13,16). The summed E-state index contributed by atoms with van der Waals surface area (Å²) in [5.41, 5.74) is 5.16. The molecule has 0 spiro atoms. The van der Waals surface area contributed by atoms with Gasteiger partial charge < -0.3 is 5.73 Å². The van der Waals surface area contributed by atoms with Gasteiger partial charge in [0.2, 0.25) is 15.9 Å². The van der Waals surface area contributed by atoms with Gasteiger partial charge in [0.25, 0.3) is 0 Å². The van der Waals surface area contributed by atoms with E-state index in [-0.39, 0.29) is 10.6 Å². The number of amides is 1. The average Bonchev–Trinajstić information content (AvgIpc) is 2.35. The Labute approximate surface area is 111 Å². The fourth-order valence-electron chi connectivity index (χ4n) is 1.43. The lowest BCUT2D eigenvalue weighted by Crippen LogP contribution is -2.42. The summed E-state index contributed by atoms with van der Waals surface area (Å²) in [6.45, 7) is 2.87. The number of pyridine rings is 1. The molecule has 102 valence electrons. The van der Waals surface area contributed by atoms with E-state index in [0.29, 0.717) is 0 Å². The first-order valence-corrected chi connectivity index (χ1v) is 6.89. The zero-order valence-corrected chi connectivity index (χ0v) is 11.4. The number of nitrogens with zero attached hydrogens (tertiary/aromatic N) is 3. The highest BCUT2D eigenvalue weighted by atomic mass is 32.2. The molecule has 7 nitrogen and oxygen atoms in total. The molecule has 0 aliphatic rings. The summed E-state index contributed by atoms with van der Waals surface area (Å²) in [5, 5.41) is 8.61. The highest BCUT2D eigenvalue weighted by molar-refractivity contribution is 7.89. The third-order valence-corrected chi connectivity index (χ3v) is 4.35. The third kappa shape index (κ3) is 3.49. The highest BCUT2D eigenvalue weighted by Crippen LogP contribution is 2.17. The summed E-state index contributed by atoms with van der Waals surface area (Å²) in [6.07, 6.45) is 1.09. The first kappa shape index (κ1) is 15.1. The molecule has 1 aromatic heterocycles. The van der Waals surface area contributed by atoms with Crippen molar-refractivity contribution in [1.29, 1.82) is 5.26 Å². The molecule has 1 rings (SSSR count). The van der Waals surface area contributed by atoms with Crippen LogP contribution in [0.25, 0.3) is 0 Å². The zero-order valence-electron chi connectivity index (χ0n) is 10.6. The van der Waals surface area contributed by atoms with Gasteiger partial charge in [-0.1, -0.05) is 0 Å². The number of carbonyl (C=O) groups excluding carboxylic acids is 1. The van der Waals surface area contributed by atoms with E-state index >= 15 is 0 Å². The van der Waals surface area contributed by atoms with Gasteiger partial charge in [0.05, 0.1) is 6.54 Å². The zero-order chi connectivity index (χ0) is 14.6. The van der Waals surface area contributed by atoms with Crippen molar-refractivity contribution < 1.29 is 13.2 Å². The van der Waals surface area contributed by atoms with Gasteiger partial charge >= 0.3 is 0 Å². The Balaban J connectivity index is 3.19. The number of hydrogen-bond donors (Lipinski definition) is 1. The van der Waals surface area contributed by atoms with E-state index < -0.39 is 28.5 Å². The Morgan fingerprint density at radius 1 is 1.53 bits per heavy atom. The van der Waals surface area contributed by atoms with E-state index in [1.165, 1.54) is 12.1 Å². The number of hydrogen-bond acceptors (Lipinski definition) is 5. The van der Waals surface area contributed by atoms with Crippen LogP contribution in [0.2, 0.25) is 0 Å². The van der Waals surface area contributed by atoms with Crippen LogP contribution in [-0.4, -0.2) is 36.2 Å². The van der Waals surface area contributed by atoms with Gasteiger partial charge in [-0.05, 0) is 26.0 Å². The molecule has 0 atom stereocenters. The quantitative estimate of drug-likeness (QED) is 0.805. The second-order valence-electron chi connectivity index (χ2n) is 4.10. The maximum Gasteiger partial charge on any atom is 0.245 e. The van der Waals surface area contributed by atoms with Crippen LogP contribution in [0.15, 0.2) is 23.2 Å². The SMILES string of the molecule is CC(C)N(CC(N)=O)S(=O)(=O)c1ccc(C#N)nc1. The number of aromatic nitrogens is 1. The molecule has 0 bridgehead atoms. The molecule has 2 N–H and O–H groups in total. The van der Waals surface area contributed by atoms with Crippen molar-refractivity contribution in [3.8, 4) is 6.07 Å². The summed E-state index contributed by atoms with van der Waals surface area (Å²) >= 11 is 0. The molecule has 1 heterocycles. The Kier molecular flexibility index (Phi) is 4.58. The van der Waals surface area contributed by atoms with Crippen LogP contribution in [-0.2, 0) is 14.8 Å². The number of sulfonamides is 1. The topological polar surface area (TPSA) is 117 Å². The van der Waals surface area contributed by atoms with E-state index in [0.717, 1.165) is 10.5 Å². The van der Waals surface area contributed by atoms with Gasteiger partial charge in [-0.3, -0.25) is 4.79 Å². The molecule has 19 heavy (non-hydrogen) atoms. The molecule has 0 aromatic carbocycles. The lowest BCUT2D eigenvalue weighted by Gasteiger charge is -2.24. The molecule has 0 saturated carbocycles. The van der Waals surface area contributed by atoms with Gasteiger partial charge in [-0.15, -0.1) is 0 Å². The molecule has 0 radical (unpaired) electrons. The Bertz CT molecular complexity index is 602. The number of carbonyl (C=O) groups is 1. The maximum absolute atomic E-state index is 12.3. The molecule has 0 aliphatic heterocycles. The molecular weight excluding hydrogens is 268 g/mol. The minimum Gasteiger partial charge on any atom is -0.369 e. The van der Waals surface area contributed by atoms with E-state index in [1.807, 2.05) is 0 Å². The molecule has 8 heteroatoms. The molecule has 0 unspecified atom stereocenters. The summed E-state index contributed by atoms with van der Waals surface area (Å²) in [7, 11) is -3.86. The van der Waals surface area contributed by atoms with Crippen LogP contribution in [0.1, 0.15) is 19.5 Å². The van der Waals surface area contributed by atoms with Gasteiger partial charge in [0.15, 0.2) is 0 Å². The number of nitriles is 1. The number of primary amides is 1. The monoisotopic (exact) mass is 282 g/mol. The molecule has 0 fully saturated rings. The maximum atomic E-state index is 12.3. The molecule has 0 saturated heterocycles. The Morgan fingerprint density at radius 2 is 2.16 bits per heavy atom. The van der Waals surface area contributed by atoms with Crippen LogP contribution in [0.3, 0.4) is 0 Å². The normalized spacial score (nSPS) is 11.5. The van der Waals surface area contributed by atoms with Gasteiger partial charge in [0, 0.05) is 12.2 Å². The number of nitrogens with two attached hydrogens (primary N) is 1. The van der Waals surface area contributed by atoms with Gasteiger partial charge in [-0.25, -0.2) is 13.4 Å². The molecule has 1 amide bonds. The molecule has 1 aromatic rings. The fraction of sp³-hybridized carbons (Fsp3) is 0.364. The predicted octanol–water partition coefficient (Wildman–Crippen LogP) is -0.162. The Morgan fingerprint density at radius 3 is 2.53 bits per heavy atom. The van der Waals surface area contributed by atoms with Gasteiger partial charge in [0.1, 0.15) is 16.7 Å². The summed E-state index contributed by atoms with van der Waals surface area (Å²) in [4.78, 5) is 14.6. The lowest BCUT2D eigenvalue weighted by molar-refractivity contribution is -0.118.